The van der Waals surface area contributed by atoms with Gasteiger partial charge in [-0.3, -0.25) is 0 Å². The molecule has 0 unspecified atom stereocenters. The first-order valence-corrected chi connectivity index (χ1v) is 10.3. The SMILES string of the molecule is Cc1ccc(N=C(c2nc(C#N)c(Nc3ccc(C)cc3)o2)N2CCCCC2)cc1. The van der Waals surface area contributed by atoms with Crippen molar-refractivity contribution < 1.29 is 4.42 Å². The van der Waals surface area contributed by atoms with E-state index in [9.17, 15) is 5.26 Å². The van der Waals surface area contributed by atoms with Crippen molar-refractivity contribution in [2.75, 3.05) is 18.4 Å². The van der Waals surface area contributed by atoms with Crippen molar-refractivity contribution in [3.63, 3.8) is 0 Å². The first kappa shape index (κ1) is 19.7. The Balaban J connectivity index is 1.71. The minimum atomic E-state index is 0.221. The molecule has 1 aliphatic heterocycles. The number of nitrogens with zero attached hydrogens (tertiary/aromatic N) is 4. The molecule has 0 amide bonds. The number of anilines is 2. The first-order valence-electron chi connectivity index (χ1n) is 10.3. The molecule has 0 saturated carbocycles. The van der Waals surface area contributed by atoms with Crippen molar-refractivity contribution in [3.8, 4) is 6.07 Å². The van der Waals surface area contributed by atoms with Crippen LogP contribution in [0.4, 0.5) is 17.3 Å². The number of amidine groups is 1. The van der Waals surface area contributed by atoms with Gasteiger partial charge in [0, 0.05) is 18.8 Å². The minimum Gasteiger partial charge on any atom is -0.416 e. The van der Waals surface area contributed by atoms with Crippen LogP contribution in [0.5, 0.6) is 0 Å². The first-order chi connectivity index (χ1) is 14.6. The second kappa shape index (κ2) is 8.83. The van der Waals surface area contributed by atoms with Crippen LogP contribution in [-0.4, -0.2) is 28.8 Å². The Kier molecular flexibility index (Phi) is 5.80. The second-order valence-corrected chi connectivity index (χ2v) is 7.62. The van der Waals surface area contributed by atoms with Gasteiger partial charge in [-0.2, -0.15) is 10.2 Å². The van der Waals surface area contributed by atoms with E-state index in [1.807, 2.05) is 55.5 Å². The number of nitrogens with one attached hydrogen (secondary N) is 1. The van der Waals surface area contributed by atoms with E-state index in [0.29, 0.717) is 17.6 Å². The molecule has 1 saturated heterocycles. The number of oxazole rings is 1. The third-order valence-electron chi connectivity index (χ3n) is 5.16. The molecule has 0 aliphatic carbocycles. The Morgan fingerprint density at radius 2 is 1.63 bits per heavy atom. The van der Waals surface area contributed by atoms with Gasteiger partial charge in [-0.05, 0) is 57.4 Å². The Hall–Kier alpha value is -3.59. The fraction of sp³-hybridized carbons (Fsp3) is 0.292. The van der Waals surface area contributed by atoms with Gasteiger partial charge in [-0.25, -0.2) is 4.99 Å². The highest BCUT2D eigenvalue weighted by Gasteiger charge is 2.24. The number of hydrogen-bond donors (Lipinski definition) is 1. The van der Waals surface area contributed by atoms with E-state index in [0.717, 1.165) is 42.9 Å². The Morgan fingerprint density at radius 3 is 2.27 bits per heavy atom. The monoisotopic (exact) mass is 399 g/mol. The lowest BCUT2D eigenvalue weighted by Crippen LogP contribution is -2.36. The van der Waals surface area contributed by atoms with Gasteiger partial charge >= 0.3 is 0 Å². The van der Waals surface area contributed by atoms with Crippen LogP contribution in [0.25, 0.3) is 0 Å². The fourth-order valence-electron chi connectivity index (χ4n) is 3.45. The smallest absolute Gasteiger partial charge is 0.266 e. The summed E-state index contributed by atoms with van der Waals surface area (Å²) in [4.78, 5) is 11.5. The summed E-state index contributed by atoms with van der Waals surface area (Å²) in [5, 5.41) is 12.8. The maximum atomic E-state index is 9.60. The lowest BCUT2D eigenvalue weighted by atomic mass is 10.1. The zero-order chi connectivity index (χ0) is 20.9. The van der Waals surface area contributed by atoms with Crippen molar-refractivity contribution in [3.05, 3.63) is 71.2 Å². The maximum Gasteiger partial charge on any atom is 0.266 e. The summed E-state index contributed by atoms with van der Waals surface area (Å²) in [6, 6.07) is 18.1. The highest BCUT2D eigenvalue weighted by atomic mass is 16.4. The third-order valence-corrected chi connectivity index (χ3v) is 5.16. The molecule has 2 aromatic carbocycles. The summed E-state index contributed by atoms with van der Waals surface area (Å²) in [5.41, 5.74) is 4.25. The Morgan fingerprint density at radius 1 is 1.00 bits per heavy atom. The van der Waals surface area contributed by atoms with Gasteiger partial charge in [0.2, 0.25) is 11.6 Å². The van der Waals surface area contributed by atoms with Crippen LogP contribution in [0.2, 0.25) is 0 Å². The molecule has 3 aromatic rings. The van der Waals surface area contributed by atoms with E-state index in [-0.39, 0.29) is 5.69 Å². The quantitative estimate of drug-likeness (QED) is 0.465. The Labute approximate surface area is 176 Å². The average molecular weight is 399 g/mol. The summed E-state index contributed by atoms with van der Waals surface area (Å²) in [6.07, 6.45) is 3.42. The van der Waals surface area contributed by atoms with Crippen LogP contribution in [0.15, 0.2) is 57.9 Å². The molecule has 2 heterocycles. The average Bonchev–Trinajstić information content (AvgIpc) is 3.18. The molecule has 1 N–H and O–H groups in total. The molecule has 152 valence electrons. The lowest BCUT2D eigenvalue weighted by molar-refractivity contribution is 0.336. The van der Waals surface area contributed by atoms with Crippen molar-refractivity contribution in [2.45, 2.75) is 33.1 Å². The predicted octanol–water partition coefficient (Wildman–Crippen LogP) is 5.47. The number of likely N-dealkylation sites (tertiary alicyclic amines) is 1. The predicted molar refractivity (Wildman–Crippen MR) is 118 cm³/mol. The molecule has 6 heteroatoms. The van der Waals surface area contributed by atoms with E-state index in [2.05, 4.69) is 28.2 Å². The number of aliphatic imine (C=N–C) groups is 1. The van der Waals surface area contributed by atoms with Crippen molar-refractivity contribution >= 4 is 23.1 Å². The van der Waals surface area contributed by atoms with Gasteiger partial charge < -0.3 is 14.6 Å². The zero-order valence-corrected chi connectivity index (χ0v) is 17.4. The van der Waals surface area contributed by atoms with E-state index in [1.54, 1.807) is 0 Å². The summed E-state index contributed by atoms with van der Waals surface area (Å²) in [6.45, 7) is 5.88. The number of nitriles is 1. The normalized spacial score (nSPS) is 14.4. The van der Waals surface area contributed by atoms with Crippen molar-refractivity contribution in [2.24, 2.45) is 4.99 Å². The maximum absolute atomic E-state index is 9.60. The topological polar surface area (TPSA) is 77.5 Å². The van der Waals surface area contributed by atoms with Crippen molar-refractivity contribution in [1.82, 2.24) is 9.88 Å². The summed E-state index contributed by atoms with van der Waals surface area (Å²) >= 11 is 0. The van der Waals surface area contributed by atoms with Gasteiger partial charge in [0.15, 0.2) is 5.84 Å². The zero-order valence-electron chi connectivity index (χ0n) is 17.4. The second-order valence-electron chi connectivity index (χ2n) is 7.62. The van der Waals surface area contributed by atoms with Gasteiger partial charge in [-0.1, -0.05) is 35.4 Å². The van der Waals surface area contributed by atoms with Crippen molar-refractivity contribution in [1.29, 1.82) is 5.26 Å². The molecule has 0 spiro atoms. The molecule has 1 fully saturated rings. The molecule has 30 heavy (non-hydrogen) atoms. The number of rotatable bonds is 4. The third kappa shape index (κ3) is 4.52. The van der Waals surface area contributed by atoms with Crippen LogP contribution < -0.4 is 5.32 Å². The van der Waals surface area contributed by atoms with Gasteiger partial charge in [0.25, 0.3) is 5.89 Å². The van der Waals surface area contributed by atoms with Gasteiger partial charge in [0.1, 0.15) is 6.07 Å². The van der Waals surface area contributed by atoms with E-state index < -0.39 is 0 Å². The molecule has 4 rings (SSSR count). The van der Waals surface area contributed by atoms with Gasteiger partial charge in [0.05, 0.1) is 5.69 Å². The number of benzene rings is 2. The minimum absolute atomic E-state index is 0.221. The largest absolute Gasteiger partial charge is 0.416 e. The molecule has 0 atom stereocenters. The number of aromatic nitrogens is 1. The van der Waals surface area contributed by atoms with Crippen LogP contribution >= 0.6 is 0 Å². The van der Waals surface area contributed by atoms with E-state index in [1.165, 1.54) is 12.0 Å². The summed E-state index contributed by atoms with van der Waals surface area (Å²) in [7, 11) is 0. The molecule has 1 aromatic heterocycles. The lowest BCUT2D eigenvalue weighted by Gasteiger charge is -2.28. The number of aryl methyl sites for hydroxylation is 2. The summed E-state index contributed by atoms with van der Waals surface area (Å²) < 4.78 is 6.03. The standard InChI is InChI=1S/C24H25N5O/c1-17-6-10-19(11-7-17)26-22(29-14-4-3-5-15-29)24-28-21(16-25)23(30-24)27-20-12-8-18(2)9-13-20/h6-13,27H,3-5,14-15H2,1-2H3. The Bertz CT molecular complexity index is 1070. The molecule has 0 radical (unpaired) electrons. The van der Waals surface area contributed by atoms with Crippen LogP contribution in [0.1, 0.15) is 42.0 Å². The highest BCUT2D eigenvalue weighted by Crippen LogP contribution is 2.25. The van der Waals surface area contributed by atoms with Crippen LogP contribution in [0.3, 0.4) is 0 Å². The van der Waals surface area contributed by atoms with Crippen LogP contribution in [-0.2, 0) is 0 Å². The molecular formula is C24H25N5O. The molecule has 0 bridgehead atoms. The molecular weight excluding hydrogens is 374 g/mol. The fourth-order valence-corrected chi connectivity index (χ4v) is 3.45. The highest BCUT2D eigenvalue weighted by molar-refractivity contribution is 5.97. The summed E-state index contributed by atoms with van der Waals surface area (Å²) in [5.74, 6) is 1.38. The van der Waals surface area contributed by atoms with E-state index >= 15 is 0 Å². The van der Waals surface area contributed by atoms with Gasteiger partial charge in [-0.15, -0.1) is 0 Å². The van der Waals surface area contributed by atoms with E-state index in [4.69, 9.17) is 9.41 Å². The van der Waals surface area contributed by atoms with Crippen LogP contribution in [0, 0.1) is 25.2 Å². The molecule has 6 nitrogen and oxygen atoms in total. The molecule has 1 aliphatic rings. The number of piperidine rings is 1. The number of hydrogen-bond acceptors (Lipinski definition) is 5.